The summed E-state index contributed by atoms with van der Waals surface area (Å²) in [5.74, 6) is -1.01. The molecule has 3 aromatic rings. The topological polar surface area (TPSA) is 72.6 Å². The first-order chi connectivity index (χ1) is 13.5. The third kappa shape index (κ3) is 5.07. The van der Waals surface area contributed by atoms with Crippen molar-refractivity contribution >= 4 is 11.9 Å². The lowest BCUT2D eigenvalue weighted by Gasteiger charge is -2.26. The molecule has 1 atom stereocenters. The van der Waals surface area contributed by atoms with Gasteiger partial charge in [0.05, 0.1) is 5.69 Å². The minimum absolute atomic E-state index is 0.0187. The van der Waals surface area contributed by atoms with Gasteiger partial charge in [-0.1, -0.05) is 65.8 Å². The average molecular weight is 378 g/mol. The van der Waals surface area contributed by atoms with Gasteiger partial charge in [-0.2, -0.15) is 0 Å². The maximum atomic E-state index is 13.0. The molecular weight excluding hydrogens is 356 g/mol. The van der Waals surface area contributed by atoms with Gasteiger partial charge in [-0.05, 0) is 25.0 Å². The largest absolute Gasteiger partial charge is 0.447 e. The summed E-state index contributed by atoms with van der Waals surface area (Å²) < 4.78 is 10.2. The fourth-order valence-electron chi connectivity index (χ4n) is 2.81. The SMILES string of the molecule is Cc1cc(C(=O)O[C@H](C)C(=O)N(Cc2ccccc2)Cc2ccccc2)on1. The molecule has 0 aliphatic carbocycles. The van der Waals surface area contributed by atoms with E-state index in [2.05, 4.69) is 5.16 Å². The molecule has 0 spiro atoms. The van der Waals surface area contributed by atoms with E-state index in [1.165, 1.54) is 6.07 Å². The first-order valence-corrected chi connectivity index (χ1v) is 9.04. The Kier molecular flexibility index (Phi) is 6.22. The number of aryl methyl sites for hydroxylation is 1. The summed E-state index contributed by atoms with van der Waals surface area (Å²) in [6.07, 6.45) is -0.953. The molecule has 0 saturated heterocycles. The number of ether oxygens (including phenoxy) is 1. The minimum atomic E-state index is -0.953. The monoisotopic (exact) mass is 378 g/mol. The fraction of sp³-hybridized carbons (Fsp3) is 0.227. The molecule has 2 aromatic carbocycles. The van der Waals surface area contributed by atoms with E-state index in [1.54, 1.807) is 18.7 Å². The minimum Gasteiger partial charge on any atom is -0.447 e. The lowest BCUT2D eigenvalue weighted by Crippen LogP contribution is -2.39. The van der Waals surface area contributed by atoms with Crippen LogP contribution in [0.1, 0.15) is 34.3 Å². The van der Waals surface area contributed by atoms with E-state index in [-0.39, 0.29) is 11.7 Å². The number of carbonyl (C=O) groups is 2. The maximum Gasteiger partial charge on any atom is 0.377 e. The van der Waals surface area contributed by atoms with Crippen molar-refractivity contribution in [2.24, 2.45) is 0 Å². The van der Waals surface area contributed by atoms with Gasteiger partial charge in [-0.3, -0.25) is 4.79 Å². The number of rotatable bonds is 7. The summed E-state index contributed by atoms with van der Waals surface area (Å²) in [5.41, 5.74) is 2.56. The predicted molar refractivity (Wildman–Crippen MR) is 103 cm³/mol. The molecule has 3 rings (SSSR count). The Morgan fingerprint density at radius 1 is 1.00 bits per heavy atom. The van der Waals surface area contributed by atoms with Gasteiger partial charge >= 0.3 is 5.97 Å². The second-order valence-electron chi connectivity index (χ2n) is 6.55. The van der Waals surface area contributed by atoms with Crippen molar-refractivity contribution in [3.05, 3.63) is 89.3 Å². The molecule has 144 valence electrons. The van der Waals surface area contributed by atoms with Crippen molar-refractivity contribution in [3.63, 3.8) is 0 Å². The Morgan fingerprint density at radius 2 is 1.54 bits per heavy atom. The quantitative estimate of drug-likeness (QED) is 0.586. The highest BCUT2D eigenvalue weighted by Crippen LogP contribution is 2.14. The standard InChI is InChI=1S/C22H22N2O4/c1-16-13-20(28-23-16)22(26)27-17(2)21(25)24(14-18-9-5-3-6-10-18)15-19-11-7-4-8-12-19/h3-13,17H,14-15H2,1-2H3/t17-/m1/s1. The zero-order valence-corrected chi connectivity index (χ0v) is 15.9. The number of esters is 1. The first-order valence-electron chi connectivity index (χ1n) is 9.04. The van der Waals surface area contributed by atoms with Crippen molar-refractivity contribution in [1.29, 1.82) is 0 Å². The zero-order chi connectivity index (χ0) is 19.9. The van der Waals surface area contributed by atoms with Crippen LogP contribution in [-0.4, -0.2) is 28.0 Å². The zero-order valence-electron chi connectivity index (χ0n) is 15.9. The number of aromatic nitrogens is 1. The molecule has 0 radical (unpaired) electrons. The van der Waals surface area contributed by atoms with E-state index >= 15 is 0 Å². The molecule has 0 aliphatic rings. The lowest BCUT2D eigenvalue weighted by molar-refractivity contribution is -0.141. The van der Waals surface area contributed by atoms with Crippen LogP contribution in [0.2, 0.25) is 0 Å². The van der Waals surface area contributed by atoms with Crippen LogP contribution in [0.15, 0.2) is 71.3 Å². The number of hydrogen-bond acceptors (Lipinski definition) is 5. The van der Waals surface area contributed by atoms with Crippen molar-refractivity contribution in [2.45, 2.75) is 33.0 Å². The van der Waals surface area contributed by atoms with Gasteiger partial charge in [0.15, 0.2) is 6.10 Å². The fourth-order valence-corrected chi connectivity index (χ4v) is 2.81. The highest BCUT2D eigenvalue weighted by molar-refractivity contribution is 5.90. The van der Waals surface area contributed by atoms with Crippen LogP contribution in [0.5, 0.6) is 0 Å². The van der Waals surface area contributed by atoms with Crippen molar-refractivity contribution < 1.29 is 18.8 Å². The van der Waals surface area contributed by atoms with Crippen molar-refractivity contribution in [3.8, 4) is 0 Å². The Labute approximate surface area is 163 Å². The van der Waals surface area contributed by atoms with Crippen LogP contribution in [0.25, 0.3) is 0 Å². The molecule has 6 nitrogen and oxygen atoms in total. The Morgan fingerprint density at radius 3 is 2.00 bits per heavy atom. The van der Waals surface area contributed by atoms with Gasteiger partial charge in [0.2, 0.25) is 5.76 Å². The van der Waals surface area contributed by atoms with E-state index < -0.39 is 12.1 Å². The van der Waals surface area contributed by atoms with Gasteiger partial charge in [0.25, 0.3) is 5.91 Å². The molecule has 0 fully saturated rings. The average Bonchev–Trinajstić information content (AvgIpc) is 3.15. The summed E-state index contributed by atoms with van der Waals surface area (Å²) in [6.45, 7) is 4.10. The van der Waals surface area contributed by atoms with Gasteiger partial charge < -0.3 is 14.2 Å². The van der Waals surface area contributed by atoms with Crippen LogP contribution < -0.4 is 0 Å². The molecule has 0 N–H and O–H groups in total. The van der Waals surface area contributed by atoms with Crippen molar-refractivity contribution in [2.75, 3.05) is 0 Å². The second-order valence-corrected chi connectivity index (χ2v) is 6.55. The van der Waals surface area contributed by atoms with Crippen LogP contribution >= 0.6 is 0 Å². The number of nitrogens with zero attached hydrogens (tertiary/aromatic N) is 2. The molecular formula is C22H22N2O4. The molecule has 6 heteroatoms. The van der Waals surface area contributed by atoms with E-state index in [1.807, 2.05) is 60.7 Å². The highest BCUT2D eigenvalue weighted by Gasteiger charge is 2.26. The number of carbonyl (C=O) groups excluding carboxylic acids is 2. The first kappa shape index (κ1) is 19.4. The molecule has 1 heterocycles. The molecule has 1 aromatic heterocycles. The van der Waals surface area contributed by atoms with E-state index in [0.29, 0.717) is 18.8 Å². The normalized spacial score (nSPS) is 11.6. The third-order valence-corrected chi connectivity index (χ3v) is 4.20. The molecule has 28 heavy (non-hydrogen) atoms. The molecule has 0 saturated carbocycles. The lowest BCUT2D eigenvalue weighted by atomic mass is 10.1. The van der Waals surface area contributed by atoms with Crippen LogP contribution in [0.3, 0.4) is 0 Å². The van der Waals surface area contributed by atoms with E-state index in [9.17, 15) is 9.59 Å². The molecule has 0 aliphatic heterocycles. The van der Waals surface area contributed by atoms with Gasteiger partial charge in [-0.25, -0.2) is 4.79 Å². The summed E-state index contributed by atoms with van der Waals surface area (Å²) in [5, 5.41) is 3.67. The Bertz CT molecular complexity index is 880. The Hall–Kier alpha value is -3.41. The highest BCUT2D eigenvalue weighted by atomic mass is 16.6. The van der Waals surface area contributed by atoms with Crippen LogP contribution in [0, 0.1) is 6.92 Å². The second kappa shape index (κ2) is 8.99. The van der Waals surface area contributed by atoms with Gasteiger partial charge in [0.1, 0.15) is 0 Å². The summed E-state index contributed by atoms with van der Waals surface area (Å²) in [4.78, 5) is 26.9. The number of benzene rings is 2. The maximum absolute atomic E-state index is 13.0. The smallest absolute Gasteiger partial charge is 0.377 e. The predicted octanol–water partition coefficient (Wildman–Crippen LogP) is 3.76. The van der Waals surface area contributed by atoms with E-state index in [4.69, 9.17) is 9.26 Å². The number of amides is 1. The molecule has 0 unspecified atom stereocenters. The molecule has 0 bridgehead atoms. The third-order valence-electron chi connectivity index (χ3n) is 4.20. The van der Waals surface area contributed by atoms with E-state index in [0.717, 1.165) is 11.1 Å². The van der Waals surface area contributed by atoms with Crippen LogP contribution in [0.4, 0.5) is 0 Å². The van der Waals surface area contributed by atoms with Crippen molar-refractivity contribution in [1.82, 2.24) is 10.1 Å². The summed E-state index contributed by atoms with van der Waals surface area (Å²) in [6, 6.07) is 20.9. The van der Waals surface area contributed by atoms with Gasteiger partial charge in [0, 0.05) is 19.2 Å². The summed E-state index contributed by atoms with van der Waals surface area (Å²) in [7, 11) is 0. The van der Waals surface area contributed by atoms with Crippen LogP contribution in [-0.2, 0) is 22.6 Å². The van der Waals surface area contributed by atoms with Gasteiger partial charge in [-0.15, -0.1) is 0 Å². The Balaban J connectivity index is 1.73. The molecule has 1 amide bonds. The summed E-state index contributed by atoms with van der Waals surface area (Å²) >= 11 is 0. The number of hydrogen-bond donors (Lipinski definition) is 0.